The number of ether oxygens (including phenoxy) is 2. The van der Waals surface area contributed by atoms with Crippen molar-refractivity contribution >= 4 is 5.78 Å². The number of alkyl halides is 3. The second-order valence-corrected chi connectivity index (χ2v) is 3.78. The summed E-state index contributed by atoms with van der Waals surface area (Å²) >= 11 is 0. The van der Waals surface area contributed by atoms with Crippen LogP contribution in [-0.2, 0) is 14.3 Å². The van der Waals surface area contributed by atoms with Gasteiger partial charge >= 0.3 is 6.18 Å². The van der Waals surface area contributed by atoms with Gasteiger partial charge in [-0.3, -0.25) is 4.79 Å². The Morgan fingerprint density at radius 3 is 2.38 bits per heavy atom. The number of hydrogen-bond acceptors (Lipinski definition) is 3. The molecule has 3 nitrogen and oxygen atoms in total. The molecule has 16 heavy (non-hydrogen) atoms. The monoisotopic (exact) mass is 240 g/mol. The number of hydrogen-bond donors (Lipinski definition) is 0. The Morgan fingerprint density at radius 1 is 1.19 bits per heavy atom. The number of halogens is 3. The number of carbonyl (C=O) groups excluding carboxylic acids is 1. The Hall–Kier alpha value is -0.620. The fourth-order valence-electron chi connectivity index (χ4n) is 1.54. The van der Waals surface area contributed by atoms with Gasteiger partial charge in [-0.05, 0) is 12.8 Å². The second-order valence-electron chi connectivity index (χ2n) is 3.78. The highest BCUT2D eigenvalue weighted by Gasteiger charge is 2.27. The summed E-state index contributed by atoms with van der Waals surface area (Å²) in [4.78, 5) is 10.9. The van der Waals surface area contributed by atoms with E-state index < -0.39 is 12.8 Å². The van der Waals surface area contributed by atoms with E-state index in [0.717, 1.165) is 0 Å². The van der Waals surface area contributed by atoms with E-state index in [-0.39, 0.29) is 25.1 Å². The normalized spacial score (nSPS) is 19.1. The maximum Gasteiger partial charge on any atom is 0.411 e. The van der Waals surface area contributed by atoms with Gasteiger partial charge in [0, 0.05) is 12.8 Å². The quantitative estimate of drug-likeness (QED) is 0.690. The smallest absolute Gasteiger partial charge is 0.376 e. The van der Waals surface area contributed by atoms with E-state index in [1.165, 1.54) is 0 Å². The molecule has 6 heteroatoms. The molecule has 0 amide bonds. The number of ketones is 1. The molecule has 94 valence electrons. The van der Waals surface area contributed by atoms with E-state index in [1.54, 1.807) is 0 Å². The van der Waals surface area contributed by atoms with E-state index in [2.05, 4.69) is 4.74 Å². The van der Waals surface area contributed by atoms with Gasteiger partial charge in [0.15, 0.2) is 0 Å². The van der Waals surface area contributed by atoms with Crippen LogP contribution in [0.1, 0.15) is 25.7 Å². The van der Waals surface area contributed by atoms with Gasteiger partial charge < -0.3 is 9.47 Å². The zero-order valence-electron chi connectivity index (χ0n) is 8.89. The molecular weight excluding hydrogens is 225 g/mol. The predicted molar refractivity (Wildman–Crippen MR) is 50.1 cm³/mol. The van der Waals surface area contributed by atoms with E-state index in [9.17, 15) is 18.0 Å². The first-order chi connectivity index (χ1) is 7.47. The third-order valence-electron chi connectivity index (χ3n) is 2.34. The summed E-state index contributed by atoms with van der Waals surface area (Å²) in [5.74, 6) is 0.230. The van der Waals surface area contributed by atoms with Gasteiger partial charge in [-0.2, -0.15) is 13.2 Å². The van der Waals surface area contributed by atoms with Crippen LogP contribution in [0.4, 0.5) is 13.2 Å². The molecule has 1 rings (SSSR count). The first-order valence-corrected chi connectivity index (χ1v) is 5.25. The minimum atomic E-state index is -4.28. The van der Waals surface area contributed by atoms with E-state index >= 15 is 0 Å². The van der Waals surface area contributed by atoms with Gasteiger partial charge in [-0.15, -0.1) is 0 Å². The summed E-state index contributed by atoms with van der Waals surface area (Å²) in [5, 5.41) is 0. The molecule has 0 saturated heterocycles. The molecule has 0 aromatic rings. The molecular formula is C10H15F3O3. The molecule has 1 aliphatic rings. The van der Waals surface area contributed by atoms with Crippen molar-refractivity contribution in [2.24, 2.45) is 0 Å². The molecule has 0 aromatic heterocycles. The number of Topliss-reactive ketones (excluding diaryl/α,β-unsaturated/α-hetero) is 1. The zero-order valence-corrected chi connectivity index (χ0v) is 8.89. The maximum atomic E-state index is 11.7. The average Bonchev–Trinajstić information content (AvgIpc) is 2.19. The fourth-order valence-corrected chi connectivity index (χ4v) is 1.54. The molecule has 1 aliphatic carbocycles. The summed E-state index contributed by atoms with van der Waals surface area (Å²) in [7, 11) is 0. The lowest BCUT2D eigenvalue weighted by atomic mass is 9.97. The highest BCUT2D eigenvalue weighted by atomic mass is 19.4. The highest BCUT2D eigenvalue weighted by Crippen LogP contribution is 2.18. The minimum Gasteiger partial charge on any atom is -0.376 e. The Morgan fingerprint density at radius 2 is 1.81 bits per heavy atom. The van der Waals surface area contributed by atoms with Crippen molar-refractivity contribution in [1.29, 1.82) is 0 Å². The molecule has 0 atom stereocenters. The fraction of sp³-hybridized carbons (Fsp3) is 0.900. The van der Waals surface area contributed by atoms with Crippen LogP contribution in [0.3, 0.4) is 0 Å². The number of carbonyl (C=O) groups is 1. The Balaban J connectivity index is 1.97. The largest absolute Gasteiger partial charge is 0.411 e. The third-order valence-corrected chi connectivity index (χ3v) is 2.34. The van der Waals surface area contributed by atoms with Crippen LogP contribution in [0.25, 0.3) is 0 Å². The van der Waals surface area contributed by atoms with Crippen LogP contribution in [0.15, 0.2) is 0 Å². The average molecular weight is 240 g/mol. The van der Waals surface area contributed by atoms with Crippen molar-refractivity contribution in [1.82, 2.24) is 0 Å². The lowest BCUT2D eigenvalue weighted by Crippen LogP contribution is -2.24. The molecule has 1 saturated carbocycles. The van der Waals surface area contributed by atoms with Crippen molar-refractivity contribution < 1.29 is 27.4 Å². The maximum absolute atomic E-state index is 11.7. The van der Waals surface area contributed by atoms with Crippen molar-refractivity contribution in [2.75, 3.05) is 19.8 Å². The van der Waals surface area contributed by atoms with Gasteiger partial charge in [0.2, 0.25) is 0 Å². The summed E-state index contributed by atoms with van der Waals surface area (Å²) < 4.78 is 44.7. The molecule has 0 N–H and O–H groups in total. The topological polar surface area (TPSA) is 35.5 Å². The standard InChI is InChI=1S/C10H15F3O3/c11-10(12,13)7-15-5-6-16-9-3-1-8(14)2-4-9/h9H,1-7H2. The lowest BCUT2D eigenvalue weighted by molar-refractivity contribution is -0.177. The van der Waals surface area contributed by atoms with Crippen LogP contribution in [0.2, 0.25) is 0 Å². The van der Waals surface area contributed by atoms with Crippen molar-refractivity contribution in [3.05, 3.63) is 0 Å². The van der Waals surface area contributed by atoms with E-state index in [1.807, 2.05) is 0 Å². The summed E-state index contributed by atoms with van der Waals surface area (Å²) in [6.07, 6.45) is -1.94. The number of rotatable bonds is 5. The zero-order chi connectivity index (χ0) is 12.0. The van der Waals surface area contributed by atoms with Crippen molar-refractivity contribution in [3.63, 3.8) is 0 Å². The van der Waals surface area contributed by atoms with Crippen molar-refractivity contribution in [2.45, 2.75) is 38.0 Å². The van der Waals surface area contributed by atoms with Crippen LogP contribution >= 0.6 is 0 Å². The summed E-state index contributed by atoms with van der Waals surface area (Å²) in [6, 6.07) is 0. The molecule has 1 fully saturated rings. The Labute approximate surface area is 91.9 Å². The lowest BCUT2D eigenvalue weighted by Gasteiger charge is -2.21. The van der Waals surface area contributed by atoms with E-state index in [4.69, 9.17) is 4.74 Å². The first kappa shape index (κ1) is 13.4. The Bertz CT molecular complexity index is 218. The summed E-state index contributed by atoms with van der Waals surface area (Å²) in [5.41, 5.74) is 0. The van der Waals surface area contributed by atoms with Gasteiger partial charge in [0.25, 0.3) is 0 Å². The molecule has 0 radical (unpaired) electrons. The molecule has 0 aromatic carbocycles. The molecule has 0 bridgehead atoms. The predicted octanol–water partition coefficient (Wildman–Crippen LogP) is 2.09. The third kappa shape index (κ3) is 6.07. The summed E-state index contributed by atoms with van der Waals surface area (Å²) in [6.45, 7) is -1.15. The van der Waals surface area contributed by atoms with Gasteiger partial charge in [0.05, 0.1) is 19.3 Å². The van der Waals surface area contributed by atoms with Crippen molar-refractivity contribution in [3.8, 4) is 0 Å². The van der Waals surface area contributed by atoms with Crippen LogP contribution in [0, 0.1) is 0 Å². The van der Waals surface area contributed by atoms with Gasteiger partial charge in [0.1, 0.15) is 12.4 Å². The van der Waals surface area contributed by atoms with E-state index in [0.29, 0.717) is 25.7 Å². The SMILES string of the molecule is O=C1CCC(OCCOCC(F)(F)F)CC1. The van der Waals surface area contributed by atoms with Crippen LogP contribution < -0.4 is 0 Å². The minimum absolute atomic E-state index is 0.00723. The molecule has 0 spiro atoms. The molecule has 0 unspecified atom stereocenters. The van der Waals surface area contributed by atoms with Crippen LogP contribution in [-0.4, -0.2) is 37.9 Å². The Kier molecular flexibility index (Phi) is 5.21. The molecule has 0 aliphatic heterocycles. The first-order valence-electron chi connectivity index (χ1n) is 5.25. The van der Waals surface area contributed by atoms with Gasteiger partial charge in [-0.25, -0.2) is 0 Å². The van der Waals surface area contributed by atoms with Gasteiger partial charge in [-0.1, -0.05) is 0 Å². The highest BCUT2D eigenvalue weighted by molar-refractivity contribution is 5.79. The second kappa shape index (κ2) is 6.20. The van der Waals surface area contributed by atoms with Crippen LogP contribution in [0.5, 0.6) is 0 Å². The molecule has 0 heterocycles.